The van der Waals surface area contributed by atoms with Crippen LogP contribution >= 0.6 is 0 Å². The summed E-state index contributed by atoms with van der Waals surface area (Å²) in [5, 5.41) is 0. The number of hydrogen-bond donors (Lipinski definition) is 1. The van der Waals surface area contributed by atoms with Crippen molar-refractivity contribution in [2.45, 2.75) is 71.6 Å². The molecular formula is C16H29N. The van der Waals surface area contributed by atoms with Gasteiger partial charge in [-0.1, -0.05) is 65.2 Å². The molecule has 0 saturated carbocycles. The largest absolute Gasteiger partial charge is 0.367 e. The first-order valence-electron chi connectivity index (χ1n) is 7.48. The Bertz CT molecular complexity index is 250. The normalized spacial score (nSPS) is 12.8. The molecule has 0 radical (unpaired) electrons. The van der Waals surface area contributed by atoms with Crippen molar-refractivity contribution in [1.29, 1.82) is 0 Å². The summed E-state index contributed by atoms with van der Waals surface area (Å²) in [6, 6.07) is 2.21. The van der Waals surface area contributed by atoms with Crippen LogP contribution in [0, 0.1) is 5.92 Å². The van der Waals surface area contributed by atoms with Crippen LogP contribution in [0.15, 0.2) is 18.5 Å². The Morgan fingerprint density at radius 2 is 1.82 bits per heavy atom. The van der Waals surface area contributed by atoms with Crippen LogP contribution in [0.3, 0.4) is 0 Å². The van der Waals surface area contributed by atoms with Crippen LogP contribution in [0.25, 0.3) is 0 Å². The van der Waals surface area contributed by atoms with Gasteiger partial charge in [0.25, 0.3) is 0 Å². The van der Waals surface area contributed by atoms with E-state index in [0.717, 1.165) is 5.92 Å². The molecule has 0 aliphatic rings. The van der Waals surface area contributed by atoms with Gasteiger partial charge in [0.1, 0.15) is 0 Å². The Hall–Kier alpha value is -0.720. The number of nitrogens with one attached hydrogen (secondary N) is 1. The first kappa shape index (κ1) is 14.3. The van der Waals surface area contributed by atoms with Gasteiger partial charge in [-0.05, 0) is 24.0 Å². The molecule has 1 unspecified atom stereocenters. The van der Waals surface area contributed by atoms with Crippen molar-refractivity contribution in [3.63, 3.8) is 0 Å². The molecule has 1 aromatic heterocycles. The highest BCUT2D eigenvalue weighted by atomic mass is 14.6. The van der Waals surface area contributed by atoms with Gasteiger partial charge in [-0.3, -0.25) is 0 Å². The molecule has 0 aromatic carbocycles. The third-order valence-electron chi connectivity index (χ3n) is 3.73. The maximum Gasteiger partial charge on any atom is 0.00374 e. The van der Waals surface area contributed by atoms with E-state index in [1.54, 1.807) is 0 Å². The lowest BCUT2D eigenvalue weighted by atomic mass is 9.92. The van der Waals surface area contributed by atoms with Crippen LogP contribution in [-0.4, -0.2) is 4.98 Å². The van der Waals surface area contributed by atoms with Gasteiger partial charge in [0, 0.05) is 12.4 Å². The van der Waals surface area contributed by atoms with Crippen molar-refractivity contribution in [3.8, 4) is 0 Å². The summed E-state index contributed by atoms with van der Waals surface area (Å²) in [7, 11) is 0. The molecule has 1 rings (SSSR count). The van der Waals surface area contributed by atoms with E-state index in [0.29, 0.717) is 0 Å². The van der Waals surface area contributed by atoms with E-state index in [1.165, 1.54) is 63.4 Å². The Kier molecular flexibility index (Phi) is 7.87. The standard InChI is InChI=1S/C16H29N/c1-3-5-6-7-8-9-10-15(4-2)13-16-11-12-17-14-16/h11-12,14-15,17H,3-10,13H2,1-2H3. The SMILES string of the molecule is CCCCCCCCC(CC)Cc1cc[nH]c1. The molecule has 0 amide bonds. The molecule has 1 atom stereocenters. The molecule has 1 heteroatoms. The number of aromatic amines is 1. The number of aromatic nitrogens is 1. The van der Waals surface area contributed by atoms with Gasteiger partial charge < -0.3 is 4.98 Å². The predicted molar refractivity (Wildman–Crippen MR) is 76.3 cm³/mol. The van der Waals surface area contributed by atoms with Crippen LogP contribution in [0.4, 0.5) is 0 Å². The van der Waals surface area contributed by atoms with Crippen molar-refractivity contribution in [2.24, 2.45) is 5.92 Å². The molecule has 0 spiro atoms. The van der Waals surface area contributed by atoms with Gasteiger partial charge in [-0.25, -0.2) is 0 Å². The Morgan fingerprint density at radius 3 is 2.47 bits per heavy atom. The maximum absolute atomic E-state index is 3.15. The summed E-state index contributed by atoms with van der Waals surface area (Å²) in [6.07, 6.45) is 16.7. The zero-order chi connectivity index (χ0) is 12.3. The molecular weight excluding hydrogens is 206 g/mol. The lowest BCUT2D eigenvalue weighted by Crippen LogP contribution is -2.02. The fourth-order valence-corrected chi connectivity index (χ4v) is 2.48. The molecule has 1 N–H and O–H groups in total. The molecule has 0 bridgehead atoms. The summed E-state index contributed by atoms with van der Waals surface area (Å²) >= 11 is 0. The summed E-state index contributed by atoms with van der Waals surface area (Å²) in [5.74, 6) is 0.886. The molecule has 0 saturated heterocycles. The van der Waals surface area contributed by atoms with Crippen LogP contribution in [0.5, 0.6) is 0 Å². The summed E-state index contributed by atoms with van der Waals surface area (Å²) in [6.45, 7) is 4.61. The zero-order valence-corrected chi connectivity index (χ0v) is 11.7. The molecule has 98 valence electrons. The Labute approximate surface area is 107 Å². The van der Waals surface area contributed by atoms with E-state index in [9.17, 15) is 0 Å². The van der Waals surface area contributed by atoms with Gasteiger partial charge in [0.05, 0.1) is 0 Å². The van der Waals surface area contributed by atoms with E-state index >= 15 is 0 Å². The van der Waals surface area contributed by atoms with Crippen LogP contribution in [0.1, 0.15) is 70.8 Å². The number of H-pyrrole nitrogens is 1. The number of hydrogen-bond acceptors (Lipinski definition) is 0. The second-order valence-electron chi connectivity index (χ2n) is 5.25. The summed E-state index contributed by atoms with van der Waals surface area (Å²) in [5.41, 5.74) is 1.47. The molecule has 1 heterocycles. The van der Waals surface area contributed by atoms with E-state index < -0.39 is 0 Å². The topological polar surface area (TPSA) is 15.8 Å². The monoisotopic (exact) mass is 235 g/mol. The van der Waals surface area contributed by atoms with Crippen LogP contribution < -0.4 is 0 Å². The Balaban J connectivity index is 2.06. The average molecular weight is 235 g/mol. The van der Waals surface area contributed by atoms with Gasteiger partial charge in [0.15, 0.2) is 0 Å². The first-order chi connectivity index (χ1) is 8.36. The minimum atomic E-state index is 0.886. The Morgan fingerprint density at radius 1 is 1.06 bits per heavy atom. The van der Waals surface area contributed by atoms with E-state index in [1.807, 2.05) is 6.20 Å². The maximum atomic E-state index is 3.15. The van der Waals surface area contributed by atoms with Gasteiger partial charge in [0.2, 0.25) is 0 Å². The van der Waals surface area contributed by atoms with Crippen molar-refractivity contribution < 1.29 is 0 Å². The first-order valence-corrected chi connectivity index (χ1v) is 7.48. The van der Waals surface area contributed by atoms with Crippen molar-refractivity contribution in [3.05, 3.63) is 24.0 Å². The van der Waals surface area contributed by atoms with Crippen LogP contribution in [0.2, 0.25) is 0 Å². The molecule has 0 aliphatic heterocycles. The number of rotatable bonds is 10. The molecule has 17 heavy (non-hydrogen) atoms. The van der Waals surface area contributed by atoms with E-state index in [-0.39, 0.29) is 0 Å². The molecule has 0 fully saturated rings. The molecule has 1 aromatic rings. The third-order valence-corrected chi connectivity index (χ3v) is 3.73. The number of unbranched alkanes of at least 4 members (excludes halogenated alkanes) is 5. The molecule has 1 nitrogen and oxygen atoms in total. The average Bonchev–Trinajstić information content (AvgIpc) is 2.85. The van der Waals surface area contributed by atoms with Gasteiger partial charge in [-0.2, -0.15) is 0 Å². The molecule has 0 aliphatic carbocycles. The highest BCUT2D eigenvalue weighted by Crippen LogP contribution is 2.19. The fourth-order valence-electron chi connectivity index (χ4n) is 2.48. The fraction of sp³-hybridized carbons (Fsp3) is 0.750. The summed E-state index contributed by atoms with van der Waals surface area (Å²) < 4.78 is 0. The van der Waals surface area contributed by atoms with Crippen molar-refractivity contribution in [1.82, 2.24) is 4.98 Å². The van der Waals surface area contributed by atoms with E-state index in [4.69, 9.17) is 0 Å². The highest BCUT2D eigenvalue weighted by molar-refractivity contribution is 5.08. The smallest absolute Gasteiger partial charge is 0.00374 e. The van der Waals surface area contributed by atoms with Crippen molar-refractivity contribution in [2.75, 3.05) is 0 Å². The lowest BCUT2D eigenvalue weighted by Gasteiger charge is -2.13. The minimum Gasteiger partial charge on any atom is -0.367 e. The predicted octanol–water partition coefficient (Wildman–Crippen LogP) is 5.33. The van der Waals surface area contributed by atoms with E-state index in [2.05, 4.69) is 31.1 Å². The van der Waals surface area contributed by atoms with Crippen molar-refractivity contribution >= 4 is 0 Å². The third kappa shape index (κ3) is 6.55. The highest BCUT2D eigenvalue weighted by Gasteiger charge is 2.07. The zero-order valence-electron chi connectivity index (χ0n) is 11.7. The quantitative estimate of drug-likeness (QED) is 0.527. The minimum absolute atomic E-state index is 0.886. The van der Waals surface area contributed by atoms with Crippen LogP contribution in [-0.2, 0) is 6.42 Å². The second kappa shape index (κ2) is 9.32. The van der Waals surface area contributed by atoms with Gasteiger partial charge in [-0.15, -0.1) is 0 Å². The summed E-state index contributed by atoms with van der Waals surface area (Å²) in [4.78, 5) is 3.15. The lowest BCUT2D eigenvalue weighted by molar-refractivity contribution is 0.436. The van der Waals surface area contributed by atoms with Gasteiger partial charge >= 0.3 is 0 Å². The second-order valence-corrected chi connectivity index (χ2v) is 5.25.